The third kappa shape index (κ3) is 3.84. The molecule has 1 saturated heterocycles. The average molecular weight is 376 g/mol. The maximum atomic E-state index is 12.8. The molecule has 1 heterocycles. The number of benzene rings is 1. The number of rotatable bonds is 4. The molecule has 21 heavy (non-hydrogen) atoms. The Hall–Kier alpha value is -0.920. The molecule has 1 aromatic rings. The van der Waals surface area contributed by atoms with Crippen molar-refractivity contribution in [3.8, 4) is 0 Å². The van der Waals surface area contributed by atoms with E-state index in [9.17, 15) is 13.2 Å². The topological polar surface area (TPSA) is 63.7 Å². The van der Waals surface area contributed by atoms with E-state index in [1.807, 2.05) is 0 Å². The largest absolute Gasteiger partial charge is 0.469 e. The minimum absolute atomic E-state index is 0.101. The number of carbonyl (C=O) groups excluding carboxylic acids is 1. The van der Waals surface area contributed by atoms with E-state index in [0.29, 0.717) is 17.4 Å². The van der Waals surface area contributed by atoms with Crippen molar-refractivity contribution in [1.29, 1.82) is 0 Å². The zero-order valence-corrected chi connectivity index (χ0v) is 14.2. The van der Waals surface area contributed by atoms with Crippen molar-refractivity contribution in [3.05, 3.63) is 28.7 Å². The van der Waals surface area contributed by atoms with Crippen molar-refractivity contribution in [2.45, 2.75) is 36.6 Å². The molecule has 0 aromatic heterocycles. The summed E-state index contributed by atoms with van der Waals surface area (Å²) in [5.74, 6) is -0.378. The number of ether oxygens (including phenoxy) is 1. The van der Waals surface area contributed by atoms with Gasteiger partial charge in [0.15, 0.2) is 0 Å². The number of nitrogens with zero attached hydrogens (tertiary/aromatic N) is 1. The molecule has 1 atom stereocenters. The van der Waals surface area contributed by atoms with Crippen LogP contribution in [0.15, 0.2) is 33.6 Å². The summed E-state index contributed by atoms with van der Waals surface area (Å²) in [6.45, 7) is 0.441. The lowest BCUT2D eigenvalue weighted by Gasteiger charge is -2.34. The van der Waals surface area contributed by atoms with Crippen LogP contribution in [0.5, 0.6) is 0 Å². The highest BCUT2D eigenvalue weighted by molar-refractivity contribution is 9.10. The molecule has 0 saturated carbocycles. The van der Waals surface area contributed by atoms with E-state index in [2.05, 4.69) is 20.7 Å². The molecule has 1 aliphatic rings. The first-order valence-corrected chi connectivity index (χ1v) is 9.02. The van der Waals surface area contributed by atoms with E-state index in [1.54, 1.807) is 24.3 Å². The van der Waals surface area contributed by atoms with Crippen LogP contribution >= 0.6 is 15.9 Å². The maximum absolute atomic E-state index is 12.8. The summed E-state index contributed by atoms with van der Waals surface area (Å²) in [6.07, 6.45) is 2.52. The number of hydrogen-bond acceptors (Lipinski definition) is 4. The normalized spacial score (nSPS) is 20.2. The van der Waals surface area contributed by atoms with Crippen molar-refractivity contribution < 1.29 is 17.9 Å². The van der Waals surface area contributed by atoms with Crippen LogP contribution in [0.4, 0.5) is 0 Å². The molecule has 7 heteroatoms. The molecule has 1 unspecified atom stereocenters. The van der Waals surface area contributed by atoms with Crippen LogP contribution in [0.25, 0.3) is 0 Å². The average Bonchev–Trinajstić information content (AvgIpc) is 2.47. The standard InChI is InChI=1S/C14H18BrNO4S/c1-20-14(17)10-12-6-2-3-8-16(12)21(18,19)13-7-4-5-11(15)9-13/h4-5,7,9,12H,2-3,6,8,10H2,1H3. The lowest BCUT2D eigenvalue weighted by Crippen LogP contribution is -2.44. The van der Waals surface area contributed by atoms with Crippen LogP contribution in [0.3, 0.4) is 0 Å². The van der Waals surface area contributed by atoms with Crippen molar-refractivity contribution in [1.82, 2.24) is 4.31 Å². The molecule has 0 aliphatic carbocycles. The van der Waals surface area contributed by atoms with Gasteiger partial charge in [0.25, 0.3) is 0 Å². The Morgan fingerprint density at radius 3 is 2.86 bits per heavy atom. The molecule has 1 aliphatic heterocycles. The lowest BCUT2D eigenvalue weighted by atomic mass is 10.0. The fourth-order valence-electron chi connectivity index (χ4n) is 2.53. The molecule has 0 bridgehead atoms. The van der Waals surface area contributed by atoms with Gasteiger partial charge in [0.2, 0.25) is 10.0 Å². The second-order valence-corrected chi connectivity index (χ2v) is 7.81. The maximum Gasteiger partial charge on any atom is 0.307 e. The third-order valence-electron chi connectivity index (χ3n) is 3.61. The highest BCUT2D eigenvalue weighted by Crippen LogP contribution is 2.28. The van der Waals surface area contributed by atoms with Crippen molar-refractivity contribution in [2.24, 2.45) is 0 Å². The Morgan fingerprint density at radius 2 is 2.19 bits per heavy atom. The first kappa shape index (κ1) is 16.5. The number of hydrogen-bond donors (Lipinski definition) is 0. The number of carbonyl (C=O) groups is 1. The van der Waals surface area contributed by atoms with Crippen LogP contribution in [0, 0.1) is 0 Å². The Balaban J connectivity index is 2.29. The van der Waals surface area contributed by atoms with Gasteiger partial charge in [0, 0.05) is 17.1 Å². The minimum Gasteiger partial charge on any atom is -0.469 e. The number of esters is 1. The summed E-state index contributed by atoms with van der Waals surface area (Å²) in [5.41, 5.74) is 0. The molecular formula is C14H18BrNO4S. The molecule has 5 nitrogen and oxygen atoms in total. The Kier molecular flexibility index (Phi) is 5.40. The van der Waals surface area contributed by atoms with E-state index >= 15 is 0 Å². The van der Waals surface area contributed by atoms with Gasteiger partial charge < -0.3 is 4.74 Å². The van der Waals surface area contributed by atoms with Gasteiger partial charge in [-0.05, 0) is 31.0 Å². The molecule has 0 spiro atoms. The summed E-state index contributed by atoms with van der Waals surface area (Å²) in [6, 6.07) is 6.30. The molecule has 2 rings (SSSR count). The highest BCUT2D eigenvalue weighted by atomic mass is 79.9. The Morgan fingerprint density at radius 1 is 1.43 bits per heavy atom. The van der Waals surface area contributed by atoms with Crippen molar-refractivity contribution in [2.75, 3.05) is 13.7 Å². The monoisotopic (exact) mass is 375 g/mol. The van der Waals surface area contributed by atoms with E-state index in [0.717, 1.165) is 12.8 Å². The molecule has 1 fully saturated rings. The lowest BCUT2D eigenvalue weighted by molar-refractivity contribution is -0.141. The van der Waals surface area contributed by atoms with Gasteiger partial charge in [0.1, 0.15) is 0 Å². The third-order valence-corrected chi connectivity index (χ3v) is 6.05. The quantitative estimate of drug-likeness (QED) is 0.758. The van der Waals surface area contributed by atoms with Crippen LogP contribution < -0.4 is 0 Å². The molecule has 0 radical (unpaired) electrons. The fourth-order valence-corrected chi connectivity index (χ4v) is 4.82. The second kappa shape index (κ2) is 6.89. The SMILES string of the molecule is COC(=O)CC1CCCCN1S(=O)(=O)c1cccc(Br)c1. The molecule has 0 N–H and O–H groups in total. The summed E-state index contributed by atoms with van der Waals surface area (Å²) < 4.78 is 32.4. The fraction of sp³-hybridized carbons (Fsp3) is 0.500. The van der Waals surface area contributed by atoms with Gasteiger partial charge in [0.05, 0.1) is 18.4 Å². The van der Waals surface area contributed by atoms with Crippen molar-refractivity contribution >= 4 is 31.9 Å². The zero-order valence-electron chi connectivity index (χ0n) is 11.8. The second-order valence-electron chi connectivity index (χ2n) is 5.00. The zero-order chi connectivity index (χ0) is 15.5. The number of methoxy groups -OCH3 is 1. The van der Waals surface area contributed by atoms with Gasteiger partial charge in [-0.3, -0.25) is 4.79 Å². The summed E-state index contributed by atoms with van der Waals surface area (Å²) >= 11 is 3.29. The molecular weight excluding hydrogens is 358 g/mol. The summed E-state index contributed by atoms with van der Waals surface area (Å²) in [5, 5.41) is 0. The van der Waals surface area contributed by atoms with Crippen LogP contribution in [0.2, 0.25) is 0 Å². The van der Waals surface area contributed by atoms with E-state index in [1.165, 1.54) is 11.4 Å². The van der Waals surface area contributed by atoms with E-state index < -0.39 is 10.0 Å². The van der Waals surface area contributed by atoms with Gasteiger partial charge in [-0.15, -0.1) is 0 Å². The highest BCUT2D eigenvalue weighted by Gasteiger charge is 2.34. The molecule has 0 amide bonds. The van der Waals surface area contributed by atoms with Gasteiger partial charge in [-0.2, -0.15) is 4.31 Å². The van der Waals surface area contributed by atoms with Gasteiger partial charge >= 0.3 is 5.97 Å². The number of piperidine rings is 1. The summed E-state index contributed by atoms with van der Waals surface area (Å²) in [7, 11) is -2.27. The van der Waals surface area contributed by atoms with E-state index in [-0.39, 0.29) is 23.3 Å². The minimum atomic E-state index is -3.59. The Labute approximate surface area is 133 Å². The van der Waals surface area contributed by atoms with Gasteiger partial charge in [-0.25, -0.2) is 8.42 Å². The number of sulfonamides is 1. The van der Waals surface area contributed by atoms with E-state index in [4.69, 9.17) is 0 Å². The van der Waals surface area contributed by atoms with Crippen LogP contribution in [0.1, 0.15) is 25.7 Å². The summed E-state index contributed by atoms with van der Waals surface area (Å²) in [4.78, 5) is 11.7. The number of halogens is 1. The Bertz CT molecular complexity index is 617. The van der Waals surface area contributed by atoms with Gasteiger partial charge in [-0.1, -0.05) is 28.4 Å². The first-order valence-electron chi connectivity index (χ1n) is 6.79. The predicted molar refractivity (Wildman–Crippen MR) is 82.3 cm³/mol. The first-order chi connectivity index (χ1) is 9.95. The van der Waals surface area contributed by atoms with Crippen LogP contribution in [-0.2, 0) is 19.6 Å². The smallest absolute Gasteiger partial charge is 0.307 e. The van der Waals surface area contributed by atoms with Crippen molar-refractivity contribution in [3.63, 3.8) is 0 Å². The molecule has 116 valence electrons. The molecule has 1 aromatic carbocycles. The predicted octanol–water partition coefficient (Wildman–Crippen LogP) is 2.56. The van der Waals surface area contributed by atoms with Crippen LogP contribution in [-0.4, -0.2) is 38.4 Å².